The van der Waals surface area contributed by atoms with Crippen LogP contribution in [-0.4, -0.2) is 16.1 Å². The molecule has 5 heteroatoms. The molecule has 2 N–H and O–H groups in total. The molecule has 1 heterocycles. The van der Waals surface area contributed by atoms with Crippen LogP contribution in [0.15, 0.2) is 54.6 Å². The molecule has 2 aromatic carbocycles. The predicted octanol–water partition coefficient (Wildman–Crippen LogP) is 5.37. The number of benzene rings is 2. The number of ether oxygens (including phenoxy) is 1. The zero-order chi connectivity index (χ0) is 18.5. The van der Waals surface area contributed by atoms with Gasteiger partial charge in [-0.2, -0.15) is 0 Å². The average molecular weight is 348 g/mol. The largest absolute Gasteiger partial charge is 0.491 e. The number of nitrogens with zero attached hydrogens (tertiary/aromatic N) is 2. The second-order valence-corrected chi connectivity index (χ2v) is 6.50. The van der Waals surface area contributed by atoms with Crippen LogP contribution < -0.4 is 15.4 Å². The third-order valence-electron chi connectivity index (χ3n) is 3.63. The van der Waals surface area contributed by atoms with Crippen LogP contribution in [-0.2, 0) is 0 Å². The van der Waals surface area contributed by atoms with Crippen molar-refractivity contribution in [3.05, 3.63) is 66.0 Å². The lowest BCUT2D eigenvalue weighted by Gasteiger charge is -2.12. The molecular weight excluding hydrogens is 324 g/mol. The van der Waals surface area contributed by atoms with Gasteiger partial charge in [0.05, 0.1) is 6.10 Å². The van der Waals surface area contributed by atoms with Gasteiger partial charge in [-0.1, -0.05) is 12.1 Å². The van der Waals surface area contributed by atoms with Crippen LogP contribution in [0.1, 0.15) is 25.2 Å². The Morgan fingerprint density at radius 1 is 0.808 bits per heavy atom. The summed E-state index contributed by atoms with van der Waals surface area (Å²) in [5.74, 6) is 3.05. The highest BCUT2D eigenvalue weighted by molar-refractivity contribution is 5.63. The third kappa shape index (κ3) is 4.96. The van der Waals surface area contributed by atoms with E-state index in [1.54, 1.807) is 0 Å². The van der Waals surface area contributed by atoms with Crippen molar-refractivity contribution in [3.8, 4) is 5.75 Å². The molecule has 0 atom stereocenters. The Kier molecular flexibility index (Phi) is 5.37. The lowest BCUT2D eigenvalue weighted by atomic mass is 10.2. The highest BCUT2D eigenvalue weighted by Crippen LogP contribution is 2.23. The Hall–Kier alpha value is -3.08. The molecular formula is C21H24N4O. The summed E-state index contributed by atoms with van der Waals surface area (Å²) in [5, 5.41) is 6.65. The first kappa shape index (κ1) is 17.7. The molecule has 0 aliphatic heterocycles. The Morgan fingerprint density at radius 2 is 1.46 bits per heavy atom. The van der Waals surface area contributed by atoms with Crippen LogP contribution in [0.2, 0.25) is 0 Å². The first-order valence-electron chi connectivity index (χ1n) is 8.71. The maximum absolute atomic E-state index is 5.67. The van der Waals surface area contributed by atoms with E-state index in [0.717, 1.165) is 28.8 Å². The first-order valence-corrected chi connectivity index (χ1v) is 8.71. The summed E-state index contributed by atoms with van der Waals surface area (Å²) in [7, 11) is 0. The highest BCUT2D eigenvalue weighted by Gasteiger charge is 2.04. The number of aryl methyl sites for hydroxylation is 2. The van der Waals surface area contributed by atoms with E-state index in [1.165, 1.54) is 5.56 Å². The van der Waals surface area contributed by atoms with Gasteiger partial charge in [0.2, 0.25) is 0 Å². The molecule has 0 unspecified atom stereocenters. The summed E-state index contributed by atoms with van der Waals surface area (Å²) in [6, 6.07) is 17.9. The lowest BCUT2D eigenvalue weighted by molar-refractivity contribution is 0.242. The maximum atomic E-state index is 5.67. The van der Waals surface area contributed by atoms with Crippen molar-refractivity contribution in [2.75, 3.05) is 10.6 Å². The summed E-state index contributed by atoms with van der Waals surface area (Å²) < 4.78 is 5.67. The molecule has 0 spiro atoms. The Bertz CT molecular complexity index is 875. The molecule has 3 rings (SSSR count). The Balaban J connectivity index is 1.75. The molecule has 0 fully saturated rings. The van der Waals surface area contributed by atoms with Gasteiger partial charge < -0.3 is 15.4 Å². The summed E-state index contributed by atoms with van der Waals surface area (Å²) in [6.45, 7) is 7.97. The lowest BCUT2D eigenvalue weighted by Crippen LogP contribution is -2.05. The first-order chi connectivity index (χ1) is 12.5. The average Bonchev–Trinajstić information content (AvgIpc) is 2.56. The minimum Gasteiger partial charge on any atom is -0.491 e. The Labute approximate surface area is 154 Å². The van der Waals surface area contributed by atoms with Crippen molar-refractivity contribution in [3.63, 3.8) is 0 Å². The van der Waals surface area contributed by atoms with Crippen molar-refractivity contribution in [2.45, 2.75) is 33.8 Å². The second kappa shape index (κ2) is 7.87. The minimum atomic E-state index is 0.161. The smallest absolute Gasteiger partial charge is 0.136 e. The van der Waals surface area contributed by atoms with E-state index < -0.39 is 0 Å². The summed E-state index contributed by atoms with van der Waals surface area (Å²) in [4.78, 5) is 8.93. The highest BCUT2D eigenvalue weighted by atomic mass is 16.5. The summed E-state index contributed by atoms with van der Waals surface area (Å²) in [6.07, 6.45) is 0.161. The fraction of sp³-hybridized carbons (Fsp3) is 0.238. The summed E-state index contributed by atoms with van der Waals surface area (Å²) >= 11 is 0. The van der Waals surface area contributed by atoms with E-state index in [0.29, 0.717) is 5.82 Å². The molecule has 0 amide bonds. The molecule has 1 aromatic heterocycles. The minimum absolute atomic E-state index is 0.161. The molecule has 26 heavy (non-hydrogen) atoms. The monoisotopic (exact) mass is 348 g/mol. The summed E-state index contributed by atoms with van der Waals surface area (Å²) in [5.41, 5.74) is 3.15. The predicted molar refractivity (Wildman–Crippen MR) is 107 cm³/mol. The molecule has 0 bridgehead atoms. The molecule has 3 aromatic rings. The van der Waals surface area contributed by atoms with Crippen molar-refractivity contribution in [2.24, 2.45) is 0 Å². The van der Waals surface area contributed by atoms with E-state index in [-0.39, 0.29) is 6.10 Å². The van der Waals surface area contributed by atoms with Crippen LogP contribution in [0, 0.1) is 13.8 Å². The van der Waals surface area contributed by atoms with Gasteiger partial charge in [-0.3, -0.25) is 0 Å². The van der Waals surface area contributed by atoms with Crippen LogP contribution >= 0.6 is 0 Å². The number of nitrogens with one attached hydrogen (secondary N) is 2. The quantitative estimate of drug-likeness (QED) is 0.627. The van der Waals surface area contributed by atoms with Gasteiger partial charge >= 0.3 is 0 Å². The SMILES string of the molecule is Cc1cccc(Nc2cc(Nc3ccc(OC(C)C)cc3)nc(C)n2)c1. The molecule has 5 nitrogen and oxygen atoms in total. The molecule has 0 saturated heterocycles. The van der Waals surface area contributed by atoms with Gasteiger partial charge in [0, 0.05) is 17.4 Å². The number of hydrogen-bond donors (Lipinski definition) is 2. The molecule has 0 saturated carbocycles. The van der Waals surface area contributed by atoms with E-state index in [2.05, 4.69) is 39.7 Å². The van der Waals surface area contributed by atoms with Gasteiger partial charge in [-0.15, -0.1) is 0 Å². The van der Waals surface area contributed by atoms with Crippen molar-refractivity contribution in [1.82, 2.24) is 9.97 Å². The van der Waals surface area contributed by atoms with E-state index in [1.807, 2.05) is 63.2 Å². The number of hydrogen-bond acceptors (Lipinski definition) is 5. The third-order valence-corrected chi connectivity index (χ3v) is 3.63. The normalized spacial score (nSPS) is 10.7. The number of aromatic nitrogens is 2. The van der Waals surface area contributed by atoms with Crippen LogP contribution in [0.3, 0.4) is 0 Å². The number of anilines is 4. The van der Waals surface area contributed by atoms with Gasteiger partial charge in [-0.25, -0.2) is 9.97 Å². The molecule has 0 aliphatic carbocycles. The van der Waals surface area contributed by atoms with Gasteiger partial charge in [-0.05, 0) is 69.7 Å². The fourth-order valence-corrected chi connectivity index (χ4v) is 2.60. The Morgan fingerprint density at radius 3 is 2.08 bits per heavy atom. The molecule has 0 aliphatic rings. The van der Waals surface area contributed by atoms with E-state index >= 15 is 0 Å². The number of rotatable bonds is 6. The second-order valence-electron chi connectivity index (χ2n) is 6.50. The molecule has 0 radical (unpaired) electrons. The zero-order valence-corrected chi connectivity index (χ0v) is 15.6. The fourth-order valence-electron chi connectivity index (χ4n) is 2.60. The van der Waals surface area contributed by atoms with Crippen molar-refractivity contribution < 1.29 is 4.74 Å². The van der Waals surface area contributed by atoms with E-state index in [4.69, 9.17) is 4.74 Å². The van der Waals surface area contributed by atoms with Crippen molar-refractivity contribution >= 4 is 23.0 Å². The van der Waals surface area contributed by atoms with Gasteiger partial charge in [0.1, 0.15) is 23.2 Å². The van der Waals surface area contributed by atoms with Gasteiger partial charge in [0.15, 0.2) is 0 Å². The van der Waals surface area contributed by atoms with E-state index in [9.17, 15) is 0 Å². The molecule has 134 valence electrons. The van der Waals surface area contributed by atoms with Crippen LogP contribution in [0.4, 0.5) is 23.0 Å². The topological polar surface area (TPSA) is 59.1 Å². The zero-order valence-electron chi connectivity index (χ0n) is 15.6. The van der Waals surface area contributed by atoms with Gasteiger partial charge in [0.25, 0.3) is 0 Å². The van der Waals surface area contributed by atoms with Crippen molar-refractivity contribution in [1.29, 1.82) is 0 Å². The van der Waals surface area contributed by atoms with Crippen LogP contribution in [0.25, 0.3) is 0 Å². The standard InChI is InChI=1S/C21H24N4O/c1-14(2)26-19-10-8-17(9-11-19)24-20-13-21(23-16(4)22-20)25-18-7-5-6-15(3)12-18/h5-14H,1-4H3,(H2,22,23,24,25). The maximum Gasteiger partial charge on any atom is 0.136 e. The van der Waals surface area contributed by atoms with Crippen LogP contribution in [0.5, 0.6) is 5.75 Å².